The molecule has 0 atom stereocenters. The molecule has 0 unspecified atom stereocenters. The Labute approximate surface area is 121 Å². The Morgan fingerprint density at radius 1 is 1.40 bits per heavy atom. The van der Waals surface area contributed by atoms with Crippen molar-refractivity contribution in [3.8, 4) is 12.3 Å². The van der Waals surface area contributed by atoms with Crippen molar-refractivity contribution < 1.29 is 4.79 Å². The van der Waals surface area contributed by atoms with Gasteiger partial charge >= 0.3 is 0 Å². The van der Waals surface area contributed by atoms with E-state index in [4.69, 9.17) is 6.42 Å². The highest BCUT2D eigenvalue weighted by molar-refractivity contribution is 5.93. The third-order valence-corrected chi connectivity index (χ3v) is 3.11. The van der Waals surface area contributed by atoms with Crippen LogP contribution in [-0.2, 0) is 0 Å². The fraction of sp³-hybridized carbons (Fsp3) is 0.500. The Morgan fingerprint density at radius 3 is 2.80 bits per heavy atom. The standard InChI is InChI=1S/C16H23N3O/c1-4-7-8-9-11-17-14-10-12-18-15(13-14)16(20)19(5-2)6-3/h1,10,12-13H,5-9,11H2,2-3H3,(H,17,18). The first-order valence-corrected chi connectivity index (χ1v) is 7.15. The number of carbonyl (C=O) groups excluding carboxylic acids is 1. The molecule has 0 aliphatic heterocycles. The second-order valence-electron chi connectivity index (χ2n) is 4.50. The van der Waals surface area contributed by atoms with Crippen LogP contribution in [0.15, 0.2) is 18.3 Å². The van der Waals surface area contributed by atoms with Crippen molar-refractivity contribution in [1.82, 2.24) is 9.88 Å². The zero-order chi connectivity index (χ0) is 14.8. The van der Waals surface area contributed by atoms with Crippen LogP contribution in [0.2, 0.25) is 0 Å². The summed E-state index contributed by atoms with van der Waals surface area (Å²) < 4.78 is 0. The smallest absolute Gasteiger partial charge is 0.272 e. The molecule has 108 valence electrons. The number of terminal acetylenes is 1. The Hall–Kier alpha value is -2.02. The number of aromatic nitrogens is 1. The molecule has 0 fully saturated rings. The van der Waals surface area contributed by atoms with Crippen LogP contribution in [0.5, 0.6) is 0 Å². The molecule has 4 heteroatoms. The molecular weight excluding hydrogens is 250 g/mol. The number of unbranched alkanes of at least 4 members (excludes halogenated alkanes) is 2. The van der Waals surface area contributed by atoms with Gasteiger partial charge in [-0.15, -0.1) is 12.3 Å². The maximum atomic E-state index is 12.2. The lowest BCUT2D eigenvalue weighted by molar-refractivity contribution is 0.0767. The van der Waals surface area contributed by atoms with Crippen LogP contribution in [0, 0.1) is 12.3 Å². The van der Waals surface area contributed by atoms with E-state index < -0.39 is 0 Å². The lowest BCUT2D eigenvalue weighted by Crippen LogP contribution is -2.31. The van der Waals surface area contributed by atoms with E-state index in [9.17, 15) is 4.79 Å². The Bertz CT molecular complexity index is 461. The molecule has 0 spiro atoms. The van der Waals surface area contributed by atoms with Crippen LogP contribution in [-0.4, -0.2) is 35.4 Å². The molecule has 0 saturated carbocycles. The minimum atomic E-state index is -0.0222. The van der Waals surface area contributed by atoms with Crippen molar-refractivity contribution in [2.45, 2.75) is 33.1 Å². The van der Waals surface area contributed by atoms with Gasteiger partial charge in [0, 0.05) is 37.9 Å². The number of rotatable bonds is 8. The van der Waals surface area contributed by atoms with Gasteiger partial charge in [0.05, 0.1) is 0 Å². The van der Waals surface area contributed by atoms with E-state index in [1.54, 1.807) is 11.1 Å². The Morgan fingerprint density at radius 2 is 2.15 bits per heavy atom. The van der Waals surface area contributed by atoms with Crippen molar-refractivity contribution in [3.05, 3.63) is 24.0 Å². The van der Waals surface area contributed by atoms with Gasteiger partial charge in [-0.25, -0.2) is 0 Å². The van der Waals surface area contributed by atoms with Gasteiger partial charge in [0.15, 0.2) is 0 Å². The van der Waals surface area contributed by atoms with E-state index in [1.807, 2.05) is 26.0 Å². The summed E-state index contributed by atoms with van der Waals surface area (Å²) >= 11 is 0. The number of anilines is 1. The SMILES string of the molecule is C#CCCCCNc1ccnc(C(=O)N(CC)CC)c1. The van der Waals surface area contributed by atoms with Crippen LogP contribution in [0.4, 0.5) is 5.69 Å². The molecule has 0 saturated heterocycles. The minimum absolute atomic E-state index is 0.0222. The highest BCUT2D eigenvalue weighted by Gasteiger charge is 2.13. The van der Waals surface area contributed by atoms with E-state index >= 15 is 0 Å². The van der Waals surface area contributed by atoms with Gasteiger partial charge in [-0.1, -0.05) is 0 Å². The fourth-order valence-electron chi connectivity index (χ4n) is 1.92. The minimum Gasteiger partial charge on any atom is -0.385 e. The molecule has 1 aromatic heterocycles. The van der Waals surface area contributed by atoms with E-state index in [-0.39, 0.29) is 5.91 Å². The van der Waals surface area contributed by atoms with Crippen molar-refractivity contribution in [1.29, 1.82) is 0 Å². The summed E-state index contributed by atoms with van der Waals surface area (Å²) in [6, 6.07) is 3.68. The fourth-order valence-corrected chi connectivity index (χ4v) is 1.92. The molecule has 0 aliphatic carbocycles. The van der Waals surface area contributed by atoms with Gasteiger partial charge in [-0.05, 0) is 38.8 Å². The summed E-state index contributed by atoms with van der Waals surface area (Å²) in [5, 5.41) is 3.29. The van der Waals surface area contributed by atoms with Gasteiger partial charge < -0.3 is 10.2 Å². The van der Waals surface area contributed by atoms with E-state index in [1.165, 1.54) is 0 Å². The molecule has 0 aromatic carbocycles. The third-order valence-electron chi connectivity index (χ3n) is 3.11. The molecule has 0 bridgehead atoms. The number of hydrogen-bond acceptors (Lipinski definition) is 3. The van der Waals surface area contributed by atoms with Crippen molar-refractivity contribution in [2.75, 3.05) is 25.0 Å². The number of pyridine rings is 1. The van der Waals surface area contributed by atoms with Crippen molar-refractivity contribution >= 4 is 11.6 Å². The normalized spacial score (nSPS) is 9.85. The number of nitrogens with zero attached hydrogens (tertiary/aromatic N) is 2. The van der Waals surface area contributed by atoms with Gasteiger partial charge in [0.25, 0.3) is 5.91 Å². The van der Waals surface area contributed by atoms with E-state index in [0.29, 0.717) is 18.8 Å². The molecule has 20 heavy (non-hydrogen) atoms. The van der Waals surface area contributed by atoms with E-state index in [2.05, 4.69) is 16.2 Å². The molecule has 1 rings (SSSR count). The predicted octanol–water partition coefficient (Wildman–Crippen LogP) is 2.78. The zero-order valence-corrected chi connectivity index (χ0v) is 12.4. The summed E-state index contributed by atoms with van der Waals surface area (Å²) in [5.41, 5.74) is 1.42. The molecule has 4 nitrogen and oxygen atoms in total. The van der Waals surface area contributed by atoms with Crippen molar-refractivity contribution in [2.24, 2.45) is 0 Å². The van der Waals surface area contributed by atoms with Crippen LogP contribution in [0.1, 0.15) is 43.6 Å². The monoisotopic (exact) mass is 273 g/mol. The van der Waals surface area contributed by atoms with Gasteiger partial charge in [0.2, 0.25) is 0 Å². The van der Waals surface area contributed by atoms with E-state index in [0.717, 1.165) is 31.5 Å². The molecule has 1 N–H and O–H groups in total. The lowest BCUT2D eigenvalue weighted by Gasteiger charge is -2.18. The third kappa shape index (κ3) is 4.93. The molecule has 1 aromatic rings. The first-order chi connectivity index (χ1) is 9.72. The average Bonchev–Trinajstić information content (AvgIpc) is 2.48. The van der Waals surface area contributed by atoms with Gasteiger partial charge in [-0.3, -0.25) is 9.78 Å². The second kappa shape index (κ2) is 8.98. The summed E-state index contributed by atoms with van der Waals surface area (Å²) in [4.78, 5) is 18.1. The molecule has 0 radical (unpaired) electrons. The zero-order valence-electron chi connectivity index (χ0n) is 12.4. The van der Waals surface area contributed by atoms with Crippen LogP contribution in [0.25, 0.3) is 0 Å². The summed E-state index contributed by atoms with van der Waals surface area (Å²) in [5.74, 6) is 2.61. The van der Waals surface area contributed by atoms with Gasteiger partial charge in [0.1, 0.15) is 5.69 Å². The highest BCUT2D eigenvalue weighted by Crippen LogP contribution is 2.10. The quantitative estimate of drug-likeness (QED) is 0.585. The second-order valence-corrected chi connectivity index (χ2v) is 4.50. The number of amides is 1. The van der Waals surface area contributed by atoms with Crippen molar-refractivity contribution in [3.63, 3.8) is 0 Å². The van der Waals surface area contributed by atoms with Gasteiger partial charge in [-0.2, -0.15) is 0 Å². The largest absolute Gasteiger partial charge is 0.385 e. The Kier molecular flexibility index (Phi) is 7.20. The maximum absolute atomic E-state index is 12.2. The average molecular weight is 273 g/mol. The van der Waals surface area contributed by atoms with Crippen LogP contribution < -0.4 is 5.32 Å². The first-order valence-electron chi connectivity index (χ1n) is 7.15. The Balaban J connectivity index is 2.57. The molecular formula is C16H23N3O. The molecule has 0 aliphatic rings. The number of carbonyl (C=O) groups is 1. The summed E-state index contributed by atoms with van der Waals surface area (Å²) in [6.45, 7) is 6.18. The number of hydrogen-bond donors (Lipinski definition) is 1. The maximum Gasteiger partial charge on any atom is 0.272 e. The topological polar surface area (TPSA) is 45.2 Å². The highest BCUT2D eigenvalue weighted by atomic mass is 16.2. The van der Waals surface area contributed by atoms with Crippen LogP contribution >= 0.6 is 0 Å². The van der Waals surface area contributed by atoms with Crippen LogP contribution in [0.3, 0.4) is 0 Å². The number of nitrogens with one attached hydrogen (secondary N) is 1. The molecule has 1 heterocycles. The predicted molar refractivity (Wildman–Crippen MR) is 82.7 cm³/mol. The summed E-state index contributed by atoms with van der Waals surface area (Å²) in [6.07, 6.45) is 9.72. The summed E-state index contributed by atoms with van der Waals surface area (Å²) in [7, 11) is 0. The first kappa shape index (κ1) is 16.0. The lowest BCUT2D eigenvalue weighted by atomic mass is 10.2. The molecule has 1 amide bonds.